The minimum absolute atomic E-state index is 0.542. The highest BCUT2D eigenvalue weighted by Gasteiger charge is 2.45. The molecule has 0 radical (unpaired) electrons. The van der Waals surface area contributed by atoms with Crippen molar-refractivity contribution in [2.75, 3.05) is 11.9 Å². The molecule has 6 nitrogen and oxygen atoms in total. The zero-order valence-electron chi connectivity index (χ0n) is 9.98. The molecule has 1 saturated heterocycles. The van der Waals surface area contributed by atoms with E-state index in [1.807, 2.05) is 12.1 Å². The van der Waals surface area contributed by atoms with Crippen molar-refractivity contribution in [3.63, 3.8) is 0 Å². The van der Waals surface area contributed by atoms with Crippen molar-refractivity contribution < 1.29 is 25.2 Å². The van der Waals surface area contributed by atoms with E-state index in [-0.39, 0.29) is 0 Å². The number of aliphatic hydroxyl groups excluding tert-OH is 4. The fourth-order valence-corrected chi connectivity index (χ4v) is 2.22. The predicted molar refractivity (Wildman–Crippen MR) is 71.5 cm³/mol. The molecule has 1 fully saturated rings. The first-order valence-electron chi connectivity index (χ1n) is 5.85. The van der Waals surface area contributed by atoms with Crippen molar-refractivity contribution in [2.24, 2.45) is 0 Å². The van der Waals surface area contributed by atoms with E-state index in [4.69, 9.17) is 9.84 Å². The average molecular weight is 334 g/mol. The second-order valence-corrected chi connectivity index (χ2v) is 5.32. The second kappa shape index (κ2) is 6.17. The third kappa shape index (κ3) is 3.25. The van der Waals surface area contributed by atoms with E-state index in [1.54, 1.807) is 12.1 Å². The number of aliphatic hydroxyl groups is 4. The maximum atomic E-state index is 9.85. The van der Waals surface area contributed by atoms with Crippen molar-refractivity contribution in [1.82, 2.24) is 0 Å². The largest absolute Gasteiger partial charge is 0.394 e. The summed E-state index contributed by atoms with van der Waals surface area (Å²) >= 11 is 3.31. The summed E-state index contributed by atoms with van der Waals surface area (Å²) in [5.74, 6) is 0. The van der Waals surface area contributed by atoms with E-state index in [0.717, 1.165) is 4.47 Å². The van der Waals surface area contributed by atoms with Crippen molar-refractivity contribution >= 4 is 21.6 Å². The molecule has 7 heteroatoms. The third-order valence-electron chi connectivity index (χ3n) is 3.02. The van der Waals surface area contributed by atoms with E-state index in [1.165, 1.54) is 0 Å². The van der Waals surface area contributed by atoms with Gasteiger partial charge in [-0.15, -0.1) is 0 Å². The van der Waals surface area contributed by atoms with Crippen molar-refractivity contribution in [2.45, 2.75) is 30.6 Å². The van der Waals surface area contributed by atoms with Gasteiger partial charge >= 0.3 is 0 Å². The first-order valence-corrected chi connectivity index (χ1v) is 6.65. The molecular weight excluding hydrogens is 318 g/mol. The van der Waals surface area contributed by atoms with Gasteiger partial charge in [-0.3, -0.25) is 0 Å². The summed E-state index contributed by atoms with van der Waals surface area (Å²) in [6.45, 7) is -0.542. The van der Waals surface area contributed by atoms with Crippen LogP contribution in [0.2, 0.25) is 0 Å². The lowest BCUT2D eigenvalue weighted by molar-refractivity contribution is -0.0774. The van der Waals surface area contributed by atoms with Gasteiger partial charge in [0.1, 0.15) is 24.4 Å². The van der Waals surface area contributed by atoms with E-state index in [2.05, 4.69) is 21.2 Å². The summed E-state index contributed by atoms with van der Waals surface area (Å²) in [7, 11) is 0. The number of hydrogen-bond donors (Lipinski definition) is 5. The Kier molecular flexibility index (Phi) is 4.77. The van der Waals surface area contributed by atoms with E-state index in [9.17, 15) is 15.3 Å². The lowest BCUT2D eigenvalue weighted by atomic mass is 10.1. The predicted octanol–water partition coefficient (Wildman–Crippen LogP) is -0.339. The van der Waals surface area contributed by atoms with Gasteiger partial charge in [0.05, 0.1) is 6.61 Å². The summed E-state index contributed by atoms with van der Waals surface area (Å²) in [4.78, 5) is 0. The fourth-order valence-electron chi connectivity index (χ4n) is 1.96. The molecule has 19 heavy (non-hydrogen) atoms. The number of anilines is 1. The lowest BCUT2D eigenvalue weighted by Gasteiger charge is -2.19. The van der Waals surface area contributed by atoms with E-state index in [0.29, 0.717) is 5.69 Å². The minimum atomic E-state index is -1.25. The molecule has 0 unspecified atom stereocenters. The van der Waals surface area contributed by atoms with Crippen molar-refractivity contribution in [1.29, 1.82) is 0 Å². The van der Waals surface area contributed by atoms with E-state index >= 15 is 0 Å². The molecule has 2 rings (SSSR count). The summed E-state index contributed by atoms with van der Waals surface area (Å²) < 4.78 is 6.26. The summed E-state index contributed by atoms with van der Waals surface area (Å²) in [6, 6.07) is 7.20. The standard InChI is InChI=1S/C12H16BrNO5/c13-6-1-3-7(4-2-6)14-12-10(18)9(17)11(19-12)8(16)5-15/h1-4,8-12,14-18H,5H2/t8-,9-,10-,11-,12-/m0/s1. The number of nitrogens with one attached hydrogen (secondary N) is 1. The molecule has 0 aromatic heterocycles. The van der Waals surface area contributed by atoms with Gasteiger partial charge in [-0.1, -0.05) is 15.9 Å². The van der Waals surface area contributed by atoms with Crippen LogP contribution in [-0.4, -0.2) is 57.7 Å². The molecule has 1 aromatic rings. The molecule has 0 amide bonds. The summed E-state index contributed by atoms with van der Waals surface area (Å²) in [5.41, 5.74) is 0.707. The Labute approximate surface area is 118 Å². The Morgan fingerprint density at radius 3 is 2.42 bits per heavy atom. The van der Waals surface area contributed by atoms with Gasteiger partial charge in [-0.25, -0.2) is 0 Å². The summed E-state index contributed by atoms with van der Waals surface area (Å²) in [6.07, 6.45) is -5.54. The first-order chi connectivity index (χ1) is 9.02. The zero-order valence-corrected chi connectivity index (χ0v) is 11.6. The molecule has 0 bridgehead atoms. The van der Waals surface area contributed by atoms with Gasteiger partial charge in [0.25, 0.3) is 0 Å². The van der Waals surface area contributed by atoms with Crippen LogP contribution in [0.1, 0.15) is 0 Å². The van der Waals surface area contributed by atoms with Gasteiger partial charge in [-0.2, -0.15) is 0 Å². The quantitative estimate of drug-likeness (QED) is 0.516. The number of ether oxygens (including phenoxy) is 1. The Morgan fingerprint density at radius 2 is 1.84 bits per heavy atom. The highest BCUT2D eigenvalue weighted by Crippen LogP contribution is 2.25. The zero-order chi connectivity index (χ0) is 14.0. The van der Waals surface area contributed by atoms with E-state index < -0.39 is 37.3 Å². The van der Waals surface area contributed by atoms with Crippen LogP contribution < -0.4 is 5.32 Å². The number of hydrogen-bond acceptors (Lipinski definition) is 6. The number of rotatable bonds is 4. The van der Waals surface area contributed by atoms with Crippen LogP contribution in [0.4, 0.5) is 5.69 Å². The highest BCUT2D eigenvalue weighted by molar-refractivity contribution is 9.10. The van der Waals surface area contributed by atoms with Crippen LogP contribution in [-0.2, 0) is 4.74 Å². The average Bonchev–Trinajstić information content (AvgIpc) is 2.69. The van der Waals surface area contributed by atoms with Crippen LogP contribution in [0.3, 0.4) is 0 Å². The lowest BCUT2D eigenvalue weighted by Crippen LogP contribution is -2.40. The van der Waals surface area contributed by atoms with Gasteiger partial charge in [0, 0.05) is 10.2 Å². The van der Waals surface area contributed by atoms with Gasteiger partial charge in [0.2, 0.25) is 0 Å². The van der Waals surface area contributed by atoms with Crippen LogP contribution in [0, 0.1) is 0 Å². The molecule has 106 valence electrons. The molecule has 0 aliphatic carbocycles. The van der Waals surface area contributed by atoms with Gasteiger partial charge in [0.15, 0.2) is 6.23 Å². The Bertz CT molecular complexity index is 415. The maximum absolute atomic E-state index is 9.85. The monoisotopic (exact) mass is 333 g/mol. The number of benzene rings is 1. The smallest absolute Gasteiger partial charge is 0.157 e. The normalized spacial score (nSPS) is 32.3. The summed E-state index contributed by atoms with van der Waals surface area (Å²) in [5, 5.41) is 40.9. The van der Waals surface area contributed by atoms with Gasteiger partial charge < -0.3 is 30.5 Å². The SMILES string of the molecule is OC[C@H](O)[C@@H]1O[C@H](Nc2ccc(Br)cc2)[C@@H](O)[C@@H]1O. The van der Waals surface area contributed by atoms with Crippen LogP contribution in [0.15, 0.2) is 28.7 Å². The highest BCUT2D eigenvalue weighted by atomic mass is 79.9. The molecule has 0 spiro atoms. The first kappa shape index (κ1) is 14.7. The fraction of sp³-hybridized carbons (Fsp3) is 0.500. The molecule has 1 aliphatic heterocycles. The minimum Gasteiger partial charge on any atom is -0.394 e. The molecule has 1 aromatic carbocycles. The number of halogens is 1. The Balaban J connectivity index is 2.03. The molecule has 0 saturated carbocycles. The van der Waals surface area contributed by atoms with Crippen molar-refractivity contribution in [3.05, 3.63) is 28.7 Å². The molecule has 1 aliphatic rings. The van der Waals surface area contributed by atoms with Crippen molar-refractivity contribution in [3.8, 4) is 0 Å². The topological polar surface area (TPSA) is 102 Å². The van der Waals surface area contributed by atoms with Crippen LogP contribution >= 0.6 is 15.9 Å². The second-order valence-electron chi connectivity index (χ2n) is 4.40. The van der Waals surface area contributed by atoms with Crippen LogP contribution in [0.25, 0.3) is 0 Å². The Morgan fingerprint density at radius 1 is 1.21 bits per heavy atom. The van der Waals surface area contributed by atoms with Gasteiger partial charge in [-0.05, 0) is 24.3 Å². The Hall–Kier alpha value is -0.700. The maximum Gasteiger partial charge on any atom is 0.157 e. The molecule has 1 heterocycles. The molecular formula is C12H16BrNO5. The molecule has 5 N–H and O–H groups in total. The third-order valence-corrected chi connectivity index (χ3v) is 3.55. The molecule has 5 atom stereocenters. The van der Waals surface area contributed by atoms with Crippen LogP contribution in [0.5, 0.6) is 0 Å².